The predicted octanol–water partition coefficient (Wildman–Crippen LogP) is -0.413. The van der Waals surface area contributed by atoms with Crippen LogP contribution in [-0.4, -0.2) is 17.2 Å². The van der Waals surface area contributed by atoms with Gasteiger partial charge in [0.2, 0.25) is 0 Å². The van der Waals surface area contributed by atoms with E-state index in [1.54, 1.807) is 6.33 Å². The Hall–Kier alpha value is -1.29. The van der Waals surface area contributed by atoms with Crippen molar-refractivity contribution in [1.29, 1.82) is 0 Å². The molecule has 0 spiro atoms. The Balaban J connectivity index is 2.75. The van der Waals surface area contributed by atoms with Crippen molar-refractivity contribution in [2.45, 2.75) is 6.54 Å². The van der Waals surface area contributed by atoms with Gasteiger partial charge in [0, 0.05) is 12.7 Å². The van der Waals surface area contributed by atoms with Crippen molar-refractivity contribution in [2.24, 2.45) is 5.73 Å². The highest BCUT2D eigenvalue weighted by Gasteiger charge is 2.00. The third kappa shape index (κ3) is 1.01. The van der Waals surface area contributed by atoms with Gasteiger partial charge in [0.1, 0.15) is 7.85 Å². The maximum absolute atomic E-state index is 5.62. The van der Waals surface area contributed by atoms with Gasteiger partial charge in [-0.3, -0.25) is 0 Å². The van der Waals surface area contributed by atoms with E-state index in [0.717, 1.165) is 16.7 Å². The molecule has 0 bridgehead atoms. The second kappa shape index (κ2) is 2.64. The lowest BCUT2D eigenvalue weighted by Crippen LogP contribution is -2.04. The fourth-order valence-electron chi connectivity index (χ4n) is 1.22. The molecule has 2 N–H and O–H groups in total. The van der Waals surface area contributed by atoms with E-state index < -0.39 is 0 Å². The van der Waals surface area contributed by atoms with Crippen molar-refractivity contribution in [3.63, 3.8) is 0 Å². The molecule has 4 heteroatoms. The Morgan fingerprint density at radius 2 is 2.42 bits per heavy atom. The van der Waals surface area contributed by atoms with Crippen molar-refractivity contribution in [1.82, 2.24) is 9.38 Å². The topological polar surface area (TPSA) is 43.3 Å². The van der Waals surface area contributed by atoms with Crippen LogP contribution in [0.4, 0.5) is 0 Å². The zero-order chi connectivity index (χ0) is 8.55. The third-order valence-corrected chi connectivity index (χ3v) is 1.84. The molecule has 0 aliphatic heterocycles. The Morgan fingerprint density at radius 3 is 3.17 bits per heavy atom. The van der Waals surface area contributed by atoms with Crippen LogP contribution in [0.15, 0.2) is 24.7 Å². The van der Waals surface area contributed by atoms with E-state index in [-0.39, 0.29) is 0 Å². The summed E-state index contributed by atoms with van der Waals surface area (Å²) in [5.41, 5.74) is 8.09. The van der Waals surface area contributed by atoms with Gasteiger partial charge < -0.3 is 10.1 Å². The zero-order valence-corrected chi connectivity index (χ0v) is 6.57. The molecule has 2 rings (SSSR count). The van der Waals surface area contributed by atoms with Gasteiger partial charge in [0.05, 0.1) is 17.5 Å². The van der Waals surface area contributed by atoms with Crippen molar-refractivity contribution < 1.29 is 0 Å². The number of rotatable bonds is 1. The molecule has 2 heterocycles. The molecule has 0 saturated carbocycles. The molecule has 2 aromatic heterocycles. The molecule has 12 heavy (non-hydrogen) atoms. The Kier molecular flexibility index (Phi) is 1.62. The summed E-state index contributed by atoms with van der Waals surface area (Å²) in [6.45, 7) is 0.444. The maximum Gasteiger partial charge on any atom is 0.113 e. The molecule has 3 nitrogen and oxygen atoms in total. The smallest absolute Gasteiger partial charge is 0.113 e. The summed E-state index contributed by atoms with van der Waals surface area (Å²) in [6, 6.07) is 3.70. The minimum atomic E-state index is 0.444. The van der Waals surface area contributed by atoms with Gasteiger partial charge >= 0.3 is 0 Å². The Bertz CT molecular complexity index is 408. The lowest BCUT2D eigenvalue weighted by atomic mass is 9.97. The van der Waals surface area contributed by atoms with Crippen LogP contribution in [0.2, 0.25) is 0 Å². The van der Waals surface area contributed by atoms with E-state index >= 15 is 0 Å². The number of fused-ring (bicyclic) bond motifs is 1. The number of nitrogens with two attached hydrogens (primary N) is 1. The van der Waals surface area contributed by atoms with Gasteiger partial charge in [-0.1, -0.05) is 11.5 Å². The van der Waals surface area contributed by atoms with Crippen LogP contribution in [0.1, 0.15) is 5.69 Å². The van der Waals surface area contributed by atoms with E-state index in [0.29, 0.717) is 6.54 Å². The molecule has 0 aliphatic rings. The van der Waals surface area contributed by atoms with Crippen LogP contribution in [0.5, 0.6) is 0 Å². The molecular formula is C8H8BN3. The molecular weight excluding hydrogens is 149 g/mol. The van der Waals surface area contributed by atoms with E-state index in [9.17, 15) is 0 Å². The molecule has 0 aromatic carbocycles. The number of imidazole rings is 1. The number of hydrogen-bond acceptors (Lipinski definition) is 2. The minimum Gasteiger partial charge on any atom is -0.325 e. The molecule has 0 atom stereocenters. The number of nitrogens with zero attached hydrogens (tertiary/aromatic N) is 2. The summed E-state index contributed by atoms with van der Waals surface area (Å²) < 4.78 is 1.90. The van der Waals surface area contributed by atoms with Gasteiger partial charge in [-0.25, -0.2) is 4.98 Å². The lowest BCUT2D eigenvalue weighted by molar-refractivity contribution is 1.02. The largest absolute Gasteiger partial charge is 0.325 e. The van der Waals surface area contributed by atoms with E-state index in [2.05, 4.69) is 4.98 Å². The van der Waals surface area contributed by atoms with Crippen molar-refractivity contribution in [2.75, 3.05) is 0 Å². The third-order valence-electron chi connectivity index (χ3n) is 1.84. The standard InChI is InChI=1S/C8H8BN3/c9-6-1-2-12-5-11-7(4-10)8(12)3-6/h1-3,5H,4,10H2. The van der Waals surface area contributed by atoms with E-state index in [1.165, 1.54) is 0 Å². The van der Waals surface area contributed by atoms with Crippen LogP contribution in [0.3, 0.4) is 0 Å². The van der Waals surface area contributed by atoms with Crippen molar-refractivity contribution >= 4 is 18.8 Å². The molecule has 0 unspecified atom stereocenters. The van der Waals surface area contributed by atoms with Gasteiger partial charge in [-0.2, -0.15) is 0 Å². The normalized spacial score (nSPS) is 10.8. The molecule has 2 aromatic rings. The summed E-state index contributed by atoms with van der Waals surface area (Å²) in [6.07, 6.45) is 3.60. The average Bonchev–Trinajstić information content (AvgIpc) is 2.46. The van der Waals surface area contributed by atoms with E-state index in [4.69, 9.17) is 13.6 Å². The molecule has 2 radical (unpaired) electrons. The van der Waals surface area contributed by atoms with Crippen LogP contribution < -0.4 is 11.2 Å². The van der Waals surface area contributed by atoms with Crippen molar-refractivity contribution in [3.8, 4) is 0 Å². The quantitative estimate of drug-likeness (QED) is 0.571. The second-order valence-electron chi connectivity index (χ2n) is 2.65. The molecule has 0 saturated heterocycles. The lowest BCUT2D eigenvalue weighted by Gasteiger charge is -1.96. The molecule has 0 fully saturated rings. The molecule has 58 valence electrons. The van der Waals surface area contributed by atoms with Gasteiger partial charge in [-0.15, -0.1) is 0 Å². The monoisotopic (exact) mass is 157 g/mol. The van der Waals surface area contributed by atoms with Crippen LogP contribution in [0, 0.1) is 0 Å². The second-order valence-corrected chi connectivity index (χ2v) is 2.65. The molecule has 0 amide bonds. The SMILES string of the molecule is [B]c1ccn2cnc(CN)c2c1. The zero-order valence-electron chi connectivity index (χ0n) is 6.57. The fourth-order valence-corrected chi connectivity index (χ4v) is 1.22. The first-order chi connectivity index (χ1) is 5.81. The highest BCUT2D eigenvalue weighted by molar-refractivity contribution is 6.32. The van der Waals surface area contributed by atoms with Crippen LogP contribution in [0.25, 0.3) is 5.52 Å². The fraction of sp³-hybridized carbons (Fsp3) is 0.125. The number of aromatic nitrogens is 2. The first-order valence-electron chi connectivity index (χ1n) is 3.72. The van der Waals surface area contributed by atoms with Crippen LogP contribution >= 0.6 is 0 Å². The van der Waals surface area contributed by atoms with Crippen LogP contribution in [-0.2, 0) is 6.54 Å². The first kappa shape index (κ1) is 7.37. The van der Waals surface area contributed by atoms with Gasteiger partial charge in [-0.05, 0) is 6.07 Å². The summed E-state index contributed by atoms with van der Waals surface area (Å²) in [4.78, 5) is 4.14. The Labute approximate surface area is 71.6 Å². The highest BCUT2D eigenvalue weighted by atomic mass is 15.0. The summed E-state index contributed by atoms with van der Waals surface area (Å²) in [5.74, 6) is 0. The molecule has 0 aliphatic carbocycles. The maximum atomic E-state index is 5.62. The van der Waals surface area contributed by atoms with Crippen molar-refractivity contribution in [3.05, 3.63) is 30.4 Å². The van der Waals surface area contributed by atoms with Gasteiger partial charge in [0.25, 0.3) is 0 Å². The predicted molar refractivity (Wildman–Crippen MR) is 48.5 cm³/mol. The highest BCUT2D eigenvalue weighted by Crippen LogP contribution is 2.05. The van der Waals surface area contributed by atoms with E-state index in [1.807, 2.05) is 22.7 Å². The van der Waals surface area contributed by atoms with Gasteiger partial charge in [0.15, 0.2) is 0 Å². The number of pyridine rings is 1. The average molecular weight is 157 g/mol. The summed E-state index contributed by atoms with van der Waals surface area (Å²) in [7, 11) is 5.62. The summed E-state index contributed by atoms with van der Waals surface area (Å²) >= 11 is 0. The Morgan fingerprint density at radius 1 is 1.58 bits per heavy atom. The minimum absolute atomic E-state index is 0.444. The summed E-state index contributed by atoms with van der Waals surface area (Å²) in [5, 5.41) is 0. The number of hydrogen-bond donors (Lipinski definition) is 1. The first-order valence-corrected chi connectivity index (χ1v) is 3.72.